The SMILES string of the molecule is C1CC(OC2CCC(CC3CCC(OCC4CO4)CC3)CC2)O1. The van der Waals surface area contributed by atoms with Gasteiger partial charge in [0.15, 0.2) is 6.29 Å². The van der Waals surface area contributed by atoms with Gasteiger partial charge in [-0.15, -0.1) is 0 Å². The summed E-state index contributed by atoms with van der Waals surface area (Å²) in [6.07, 6.45) is 14.5. The van der Waals surface area contributed by atoms with E-state index >= 15 is 0 Å². The highest BCUT2D eigenvalue weighted by Crippen LogP contribution is 2.37. The molecule has 0 aromatic carbocycles. The molecular formula is C19H32O4. The molecule has 4 heteroatoms. The lowest BCUT2D eigenvalue weighted by atomic mass is 9.76. The summed E-state index contributed by atoms with van der Waals surface area (Å²) in [6, 6.07) is 0. The predicted octanol–water partition coefficient (Wildman–Crippen LogP) is 3.67. The van der Waals surface area contributed by atoms with Crippen LogP contribution in [-0.4, -0.2) is 44.4 Å². The summed E-state index contributed by atoms with van der Waals surface area (Å²) in [5.74, 6) is 1.86. The minimum atomic E-state index is 0.118. The van der Waals surface area contributed by atoms with Crippen LogP contribution >= 0.6 is 0 Å². The van der Waals surface area contributed by atoms with Crippen LogP contribution in [-0.2, 0) is 18.9 Å². The van der Waals surface area contributed by atoms with Gasteiger partial charge in [0.1, 0.15) is 6.10 Å². The summed E-state index contributed by atoms with van der Waals surface area (Å²) in [7, 11) is 0. The molecule has 2 aliphatic heterocycles. The van der Waals surface area contributed by atoms with Crippen LogP contribution < -0.4 is 0 Å². The van der Waals surface area contributed by atoms with E-state index in [4.69, 9.17) is 18.9 Å². The Hall–Kier alpha value is -0.160. The van der Waals surface area contributed by atoms with Gasteiger partial charge in [0.05, 0.1) is 32.0 Å². The summed E-state index contributed by atoms with van der Waals surface area (Å²) in [5.41, 5.74) is 0. The first kappa shape index (κ1) is 16.3. The molecule has 2 aliphatic carbocycles. The molecule has 4 rings (SSSR count). The smallest absolute Gasteiger partial charge is 0.160 e. The number of epoxide rings is 1. The van der Waals surface area contributed by atoms with Gasteiger partial charge in [0.2, 0.25) is 0 Å². The van der Waals surface area contributed by atoms with Crippen LogP contribution in [0.1, 0.15) is 64.2 Å². The van der Waals surface area contributed by atoms with Crippen molar-refractivity contribution in [3.63, 3.8) is 0 Å². The second-order valence-electron chi connectivity index (χ2n) is 8.03. The second kappa shape index (κ2) is 7.81. The van der Waals surface area contributed by atoms with Crippen LogP contribution in [0.2, 0.25) is 0 Å². The molecule has 4 nitrogen and oxygen atoms in total. The Morgan fingerprint density at radius 3 is 1.87 bits per heavy atom. The van der Waals surface area contributed by atoms with E-state index < -0.39 is 0 Å². The topological polar surface area (TPSA) is 40.2 Å². The number of hydrogen-bond acceptors (Lipinski definition) is 4. The van der Waals surface area contributed by atoms with Crippen molar-refractivity contribution < 1.29 is 18.9 Å². The zero-order chi connectivity index (χ0) is 15.5. The maximum atomic E-state index is 5.98. The molecule has 2 saturated carbocycles. The molecule has 4 aliphatic rings. The van der Waals surface area contributed by atoms with E-state index in [0.29, 0.717) is 18.3 Å². The molecule has 2 unspecified atom stereocenters. The Morgan fingerprint density at radius 1 is 0.739 bits per heavy atom. The summed E-state index contributed by atoms with van der Waals surface area (Å²) in [6.45, 7) is 2.62. The van der Waals surface area contributed by atoms with Gasteiger partial charge in [-0.05, 0) is 69.6 Å². The highest BCUT2D eigenvalue weighted by molar-refractivity contribution is 4.80. The largest absolute Gasteiger partial charge is 0.375 e. The number of ether oxygens (including phenoxy) is 4. The van der Waals surface area contributed by atoms with Gasteiger partial charge in [-0.2, -0.15) is 0 Å². The summed E-state index contributed by atoms with van der Waals surface area (Å²) in [4.78, 5) is 0. The normalized spacial score (nSPS) is 43.8. The molecule has 0 spiro atoms. The van der Waals surface area contributed by atoms with Crippen LogP contribution in [0.3, 0.4) is 0 Å². The summed E-state index contributed by atoms with van der Waals surface area (Å²) >= 11 is 0. The lowest BCUT2D eigenvalue weighted by molar-refractivity contribution is -0.240. The van der Waals surface area contributed by atoms with Crippen molar-refractivity contribution in [2.24, 2.45) is 11.8 Å². The highest BCUT2D eigenvalue weighted by Gasteiger charge is 2.30. The summed E-state index contributed by atoms with van der Waals surface area (Å²) < 4.78 is 22.6. The van der Waals surface area contributed by atoms with E-state index in [1.165, 1.54) is 57.8 Å². The van der Waals surface area contributed by atoms with Crippen molar-refractivity contribution in [2.75, 3.05) is 19.8 Å². The Bertz CT molecular complexity index is 350. The lowest BCUT2D eigenvalue weighted by Crippen LogP contribution is -2.35. The molecule has 0 aromatic rings. The van der Waals surface area contributed by atoms with Crippen molar-refractivity contribution in [1.29, 1.82) is 0 Å². The van der Waals surface area contributed by atoms with Crippen LogP contribution in [0.15, 0.2) is 0 Å². The number of hydrogen-bond donors (Lipinski definition) is 0. The number of rotatable bonds is 7. The van der Waals surface area contributed by atoms with Crippen molar-refractivity contribution in [3.8, 4) is 0 Å². The van der Waals surface area contributed by atoms with Gasteiger partial charge >= 0.3 is 0 Å². The second-order valence-corrected chi connectivity index (χ2v) is 8.03. The third-order valence-corrected chi connectivity index (χ3v) is 6.18. The zero-order valence-corrected chi connectivity index (χ0v) is 14.3. The third-order valence-electron chi connectivity index (χ3n) is 6.18. The molecule has 0 bridgehead atoms. The van der Waals surface area contributed by atoms with Gasteiger partial charge in [0.25, 0.3) is 0 Å². The van der Waals surface area contributed by atoms with Gasteiger partial charge in [-0.1, -0.05) is 0 Å². The van der Waals surface area contributed by atoms with Crippen LogP contribution in [0.4, 0.5) is 0 Å². The van der Waals surface area contributed by atoms with Crippen molar-refractivity contribution >= 4 is 0 Å². The maximum Gasteiger partial charge on any atom is 0.160 e. The molecule has 0 radical (unpaired) electrons. The van der Waals surface area contributed by atoms with Crippen LogP contribution in [0, 0.1) is 11.8 Å². The lowest BCUT2D eigenvalue weighted by Gasteiger charge is -2.36. The fourth-order valence-corrected chi connectivity index (χ4v) is 4.45. The molecule has 132 valence electrons. The molecular weight excluding hydrogens is 292 g/mol. The first-order valence-corrected chi connectivity index (χ1v) is 9.85. The standard InChI is InChI=1S/C19H32O4/c1-5-16(21-12-18-13-22-18)6-2-14(1)11-15-3-7-17(8-4-15)23-19-9-10-20-19/h14-19H,1-13H2. The quantitative estimate of drug-likeness (QED) is 0.670. The fourth-order valence-electron chi connectivity index (χ4n) is 4.45. The Labute approximate surface area is 140 Å². The molecule has 2 atom stereocenters. The minimum absolute atomic E-state index is 0.118. The van der Waals surface area contributed by atoms with E-state index in [2.05, 4.69) is 0 Å². The van der Waals surface area contributed by atoms with Crippen LogP contribution in [0.5, 0.6) is 0 Å². The van der Waals surface area contributed by atoms with Crippen LogP contribution in [0.25, 0.3) is 0 Å². The predicted molar refractivity (Wildman–Crippen MR) is 87.2 cm³/mol. The van der Waals surface area contributed by atoms with E-state index in [9.17, 15) is 0 Å². The maximum absolute atomic E-state index is 5.98. The van der Waals surface area contributed by atoms with Crippen molar-refractivity contribution in [2.45, 2.75) is 88.8 Å². The van der Waals surface area contributed by atoms with Gasteiger partial charge in [-0.25, -0.2) is 0 Å². The third kappa shape index (κ3) is 4.91. The molecule has 4 fully saturated rings. The first-order chi connectivity index (χ1) is 11.3. The molecule has 2 saturated heterocycles. The van der Waals surface area contributed by atoms with Gasteiger partial charge in [0, 0.05) is 6.42 Å². The molecule has 0 aromatic heterocycles. The molecule has 23 heavy (non-hydrogen) atoms. The molecule has 0 N–H and O–H groups in total. The van der Waals surface area contributed by atoms with Crippen molar-refractivity contribution in [3.05, 3.63) is 0 Å². The average molecular weight is 324 g/mol. The van der Waals surface area contributed by atoms with Crippen molar-refractivity contribution in [1.82, 2.24) is 0 Å². The van der Waals surface area contributed by atoms with Gasteiger partial charge in [-0.3, -0.25) is 0 Å². The zero-order valence-electron chi connectivity index (χ0n) is 14.3. The summed E-state index contributed by atoms with van der Waals surface area (Å²) in [5, 5.41) is 0. The Morgan fingerprint density at radius 2 is 1.35 bits per heavy atom. The molecule has 2 heterocycles. The van der Waals surface area contributed by atoms with E-state index in [1.807, 2.05) is 0 Å². The van der Waals surface area contributed by atoms with Gasteiger partial charge < -0.3 is 18.9 Å². The average Bonchev–Trinajstić information content (AvgIpc) is 3.36. The fraction of sp³-hybridized carbons (Fsp3) is 1.00. The highest BCUT2D eigenvalue weighted by atomic mass is 16.7. The molecule has 0 amide bonds. The van der Waals surface area contributed by atoms with E-state index in [0.717, 1.165) is 38.1 Å². The van der Waals surface area contributed by atoms with E-state index in [-0.39, 0.29) is 6.29 Å². The Kier molecular flexibility index (Phi) is 5.54. The monoisotopic (exact) mass is 324 g/mol. The van der Waals surface area contributed by atoms with E-state index in [1.54, 1.807) is 0 Å². The Balaban J connectivity index is 1.09. The minimum Gasteiger partial charge on any atom is -0.375 e. The first-order valence-electron chi connectivity index (χ1n) is 9.85.